The van der Waals surface area contributed by atoms with Crippen molar-refractivity contribution in [1.29, 1.82) is 0 Å². The van der Waals surface area contributed by atoms with Gasteiger partial charge in [0, 0.05) is 16.3 Å². The molecule has 1 amide bonds. The van der Waals surface area contributed by atoms with Crippen molar-refractivity contribution in [3.63, 3.8) is 0 Å². The molecule has 0 saturated heterocycles. The van der Waals surface area contributed by atoms with Gasteiger partial charge in [-0.05, 0) is 36.4 Å². The molecule has 6 heteroatoms. The SMILES string of the molecule is O=C(O)CNC(=O)CCCSc1ccc(Cl)cc1. The molecule has 2 N–H and O–H groups in total. The van der Waals surface area contributed by atoms with Crippen LogP contribution in [0.2, 0.25) is 5.02 Å². The summed E-state index contributed by atoms with van der Waals surface area (Å²) in [6.45, 7) is -0.316. The minimum atomic E-state index is -1.03. The van der Waals surface area contributed by atoms with Crippen molar-refractivity contribution in [3.8, 4) is 0 Å². The Morgan fingerprint density at radius 2 is 1.94 bits per heavy atom. The molecular weight excluding hydrogens is 274 g/mol. The van der Waals surface area contributed by atoms with Gasteiger partial charge in [0.2, 0.25) is 5.91 Å². The quantitative estimate of drug-likeness (QED) is 0.597. The number of carbonyl (C=O) groups excluding carboxylic acids is 1. The van der Waals surface area contributed by atoms with Gasteiger partial charge in [-0.2, -0.15) is 0 Å². The third kappa shape index (κ3) is 6.51. The van der Waals surface area contributed by atoms with Gasteiger partial charge in [-0.3, -0.25) is 9.59 Å². The fourth-order valence-electron chi connectivity index (χ4n) is 1.22. The summed E-state index contributed by atoms with van der Waals surface area (Å²) in [4.78, 5) is 22.5. The molecule has 0 unspecified atom stereocenters. The van der Waals surface area contributed by atoms with Crippen molar-refractivity contribution in [2.75, 3.05) is 12.3 Å². The summed E-state index contributed by atoms with van der Waals surface area (Å²) >= 11 is 7.41. The number of hydrogen-bond donors (Lipinski definition) is 2. The first-order chi connectivity index (χ1) is 8.58. The second-order valence-corrected chi connectivity index (χ2v) is 5.18. The molecule has 1 aromatic carbocycles. The summed E-state index contributed by atoms with van der Waals surface area (Å²) in [5.41, 5.74) is 0. The Bertz CT molecular complexity index is 408. The number of carboxylic acid groups (broad SMARTS) is 1. The molecule has 98 valence electrons. The van der Waals surface area contributed by atoms with E-state index < -0.39 is 5.97 Å². The molecule has 0 aliphatic rings. The lowest BCUT2D eigenvalue weighted by Gasteiger charge is -2.03. The Labute approximate surface area is 115 Å². The number of rotatable bonds is 7. The Morgan fingerprint density at radius 1 is 1.28 bits per heavy atom. The fourth-order valence-corrected chi connectivity index (χ4v) is 2.20. The molecule has 0 fully saturated rings. The molecule has 0 spiro atoms. The van der Waals surface area contributed by atoms with Gasteiger partial charge in [0.1, 0.15) is 6.54 Å². The summed E-state index contributed by atoms with van der Waals surface area (Å²) < 4.78 is 0. The molecule has 0 atom stereocenters. The van der Waals surface area contributed by atoms with Crippen LogP contribution in [-0.4, -0.2) is 29.3 Å². The average molecular weight is 288 g/mol. The highest BCUT2D eigenvalue weighted by Crippen LogP contribution is 2.21. The summed E-state index contributed by atoms with van der Waals surface area (Å²) in [5, 5.41) is 11.4. The number of nitrogens with one attached hydrogen (secondary N) is 1. The predicted octanol–water partition coefficient (Wildman–Crippen LogP) is 2.41. The van der Waals surface area contributed by atoms with E-state index in [-0.39, 0.29) is 12.5 Å². The lowest BCUT2D eigenvalue weighted by molar-refractivity contribution is -0.137. The van der Waals surface area contributed by atoms with Gasteiger partial charge in [-0.15, -0.1) is 11.8 Å². The van der Waals surface area contributed by atoms with Crippen LogP contribution in [0.5, 0.6) is 0 Å². The standard InChI is InChI=1S/C12H14ClNO3S/c13-9-3-5-10(6-4-9)18-7-1-2-11(15)14-8-12(16)17/h3-6H,1-2,7-8H2,(H,14,15)(H,16,17). The zero-order valence-corrected chi connectivity index (χ0v) is 11.3. The van der Waals surface area contributed by atoms with Crippen molar-refractivity contribution in [2.45, 2.75) is 17.7 Å². The van der Waals surface area contributed by atoms with Gasteiger partial charge in [0.15, 0.2) is 0 Å². The van der Waals surface area contributed by atoms with E-state index in [4.69, 9.17) is 16.7 Å². The third-order valence-corrected chi connectivity index (χ3v) is 3.42. The molecule has 1 rings (SSSR count). The Kier molecular flexibility index (Phi) is 6.60. The predicted molar refractivity (Wildman–Crippen MR) is 72.1 cm³/mol. The first-order valence-corrected chi connectivity index (χ1v) is 6.81. The van der Waals surface area contributed by atoms with Gasteiger partial charge in [-0.25, -0.2) is 0 Å². The normalized spacial score (nSPS) is 10.1. The van der Waals surface area contributed by atoms with Gasteiger partial charge in [-0.1, -0.05) is 11.6 Å². The second kappa shape index (κ2) is 8.00. The fraction of sp³-hybridized carbons (Fsp3) is 0.333. The van der Waals surface area contributed by atoms with Crippen LogP contribution in [0.4, 0.5) is 0 Å². The summed E-state index contributed by atoms with van der Waals surface area (Å²) in [7, 11) is 0. The van der Waals surface area contributed by atoms with E-state index in [0.717, 1.165) is 10.6 Å². The van der Waals surface area contributed by atoms with E-state index in [1.54, 1.807) is 11.8 Å². The molecule has 0 saturated carbocycles. The van der Waals surface area contributed by atoms with Crippen LogP contribution in [0, 0.1) is 0 Å². The molecule has 0 radical (unpaired) electrons. The number of thioether (sulfide) groups is 1. The molecule has 0 heterocycles. The molecule has 4 nitrogen and oxygen atoms in total. The summed E-state index contributed by atoms with van der Waals surface area (Å²) in [5.74, 6) is -0.449. The number of aliphatic carboxylic acids is 1. The topological polar surface area (TPSA) is 66.4 Å². The van der Waals surface area contributed by atoms with Crippen LogP contribution < -0.4 is 5.32 Å². The largest absolute Gasteiger partial charge is 0.480 e. The van der Waals surface area contributed by atoms with Gasteiger partial charge in [0.25, 0.3) is 0 Å². The number of benzene rings is 1. The highest BCUT2D eigenvalue weighted by atomic mass is 35.5. The zero-order valence-electron chi connectivity index (χ0n) is 9.69. The van der Waals surface area contributed by atoms with Crippen LogP contribution in [0.1, 0.15) is 12.8 Å². The van der Waals surface area contributed by atoms with Crippen LogP contribution in [0.25, 0.3) is 0 Å². The van der Waals surface area contributed by atoms with Crippen LogP contribution in [0.3, 0.4) is 0 Å². The molecule has 0 aliphatic carbocycles. The van der Waals surface area contributed by atoms with E-state index in [0.29, 0.717) is 17.9 Å². The maximum absolute atomic E-state index is 11.2. The molecule has 0 aliphatic heterocycles. The molecular formula is C12H14ClNO3S. The van der Waals surface area contributed by atoms with Gasteiger partial charge >= 0.3 is 5.97 Å². The number of carboxylic acids is 1. The molecule has 0 bridgehead atoms. The third-order valence-electron chi connectivity index (χ3n) is 2.07. The van der Waals surface area contributed by atoms with Crippen molar-refractivity contribution in [1.82, 2.24) is 5.32 Å². The maximum atomic E-state index is 11.2. The van der Waals surface area contributed by atoms with Gasteiger partial charge in [0.05, 0.1) is 0 Å². The monoisotopic (exact) mass is 287 g/mol. The second-order valence-electron chi connectivity index (χ2n) is 3.58. The van der Waals surface area contributed by atoms with Crippen LogP contribution in [0.15, 0.2) is 29.2 Å². The average Bonchev–Trinajstić information content (AvgIpc) is 2.34. The zero-order chi connectivity index (χ0) is 13.4. The smallest absolute Gasteiger partial charge is 0.322 e. The maximum Gasteiger partial charge on any atom is 0.322 e. The van der Waals surface area contributed by atoms with Crippen molar-refractivity contribution >= 4 is 35.2 Å². The number of halogens is 1. The highest BCUT2D eigenvalue weighted by molar-refractivity contribution is 7.99. The lowest BCUT2D eigenvalue weighted by Crippen LogP contribution is -2.28. The van der Waals surface area contributed by atoms with Crippen LogP contribution in [-0.2, 0) is 9.59 Å². The summed E-state index contributed by atoms with van der Waals surface area (Å²) in [6, 6.07) is 7.50. The van der Waals surface area contributed by atoms with E-state index in [1.165, 1.54) is 0 Å². The van der Waals surface area contributed by atoms with Crippen molar-refractivity contribution in [3.05, 3.63) is 29.3 Å². The van der Waals surface area contributed by atoms with E-state index in [1.807, 2.05) is 24.3 Å². The summed E-state index contributed by atoms with van der Waals surface area (Å²) in [6.07, 6.45) is 1.05. The minimum Gasteiger partial charge on any atom is -0.480 e. The highest BCUT2D eigenvalue weighted by Gasteiger charge is 2.03. The molecule has 18 heavy (non-hydrogen) atoms. The number of amides is 1. The molecule has 0 aromatic heterocycles. The van der Waals surface area contributed by atoms with E-state index >= 15 is 0 Å². The Balaban J connectivity index is 2.13. The van der Waals surface area contributed by atoms with Gasteiger partial charge < -0.3 is 10.4 Å². The van der Waals surface area contributed by atoms with Crippen molar-refractivity contribution in [2.24, 2.45) is 0 Å². The van der Waals surface area contributed by atoms with Crippen molar-refractivity contribution < 1.29 is 14.7 Å². The molecule has 1 aromatic rings. The Morgan fingerprint density at radius 3 is 2.56 bits per heavy atom. The Hall–Kier alpha value is -1.20. The number of hydrogen-bond acceptors (Lipinski definition) is 3. The minimum absolute atomic E-state index is 0.228. The van der Waals surface area contributed by atoms with Crippen LogP contribution >= 0.6 is 23.4 Å². The number of carbonyl (C=O) groups is 2. The van der Waals surface area contributed by atoms with E-state index in [2.05, 4.69) is 5.32 Å². The van der Waals surface area contributed by atoms with E-state index in [9.17, 15) is 9.59 Å². The first kappa shape index (κ1) is 14.9. The first-order valence-electron chi connectivity index (χ1n) is 5.45. The lowest BCUT2D eigenvalue weighted by atomic mass is 10.3.